The van der Waals surface area contributed by atoms with Crippen molar-refractivity contribution in [3.8, 4) is 11.1 Å². The highest BCUT2D eigenvalue weighted by Gasteiger charge is 2.16. The van der Waals surface area contributed by atoms with Gasteiger partial charge in [0.2, 0.25) is 0 Å². The third-order valence-electron chi connectivity index (χ3n) is 5.32. The van der Waals surface area contributed by atoms with Gasteiger partial charge in [0.05, 0.1) is 5.52 Å². The summed E-state index contributed by atoms with van der Waals surface area (Å²) < 4.78 is 0. The minimum atomic E-state index is -0.234. The molecule has 3 heterocycles. The lowest BCUT2D eigenvalue weighted by Gasteiger charge is -2.16. The number of carbonyl (C=O) groups excluding carboxylic acids is 1. The smallest absolute Gasteiger partial charge is 0.276 e. The first-order valence-electron chi connectivity index (χ1n) is 9.84. The molecule has 29 heavy (non-hydrogen) atoms. The third kappa shape index (κ3) is 3.45. The predicted molar refractivity (Wildman–Crippen MR) is 115 cm³/mol. The number of hydrogen-bond acceptors (Lipinski definition) is 4. The number of rotatable bonds is 4. The summed E-state index contributed by atoms with van der Waals surface area (Å²) in [5, 5.41) is 10.9. The van der Waals surface area contributed by atoms with Gasteiger partial charge in [-0.2, -0.15) is 5.10 Å². The summed E-state index contributed by atoms with van der Waals surface area (Å²) in [6.45, 7) is 2.15. The van der Waals surface area contributed by atoms with E-state index in [2.05, 4.69) is 37.5 Å². The number of nitrogens with one attached hydrogen (secondary N) is 2. The molecule has 0 aliphatic carbocycles. The Morgan fingerprint density at radius 1 is 0.966 bits per heavy atom. The average molecular weight is 383 g/mol. The van der Waals surface area contributed by atoms with E-state index < -0.39 is 0 Å². The molecular formula is C23H21N5O. The Kier molecular flexibility index (Phi) is 4.44. The Balaban J connectivity index is 1.44. The van der Waals surface area contributed by atoms with Crippen molar-refractivity contribution in [2.75, 3.05) is 23.3 Å². The number of para-hydroxylation sites is 1. The van der Waals surface area contributed by atoms with Crippen molar-refractivity contribution in [1.29, 1.82) is 0 Å². The fourth-order valence-corrected chi connectivity index (χ4v) is 3.77. The van der Waals surface area contributed by atoms with Crippen LogP contribution in [-0.2, 0) is 0 Å². The lowest BCUT2D eigenvalue weighted by molar-refractivity contribution is 0.102. The normalized spacial score (nSPS) is 13.7. The molecule has 1 fully saturated rings. The molecule has 1 amide bonds. The highest BCUT2D eigenvalue weighted by molar-refractivity contribution is 6.11. The molecule has 0 bridgehead atoms. The van der Waals surface area contributed by atoms with Crippen molar-refractivity contribution in [3.05, 3.63) is 72.6 Å². The Morgan fingerprint density at radius 3 is 2.52 bits per heavy atom. The van der Waals surface area contributed by atoms with Crippen LogP contribution >= 0.6 is 0 Å². The summed E-state index contributed by atoms with van der Waals surface area (Å²) in [4.78, 5) is 19.7. The Bertz CT molecular complexity index is 1150. The molecule has 0 radical (unpaired) electrons. The van der Waals surface area contributed by atoms with E-state index in [1.54, 1.807) is 0 Å². The minimum Gasteiger partial charge on any atom is -0.357 e. The fourth-order valence-electron chi connectivity index (χ4n) is 3.77. The van der Waals surface area contributed by atoms with Gasteiger partial charge in [-0.15, -0.1) is 0 Å². The van der Waals surface area contributed by atoms with E-state index in [1.165, 1.54) is 12.8 Å². The molecule has 0 atom stereocenters. The van der Waals surface area contributed by atoms with Crippen molar-refractivity contribution in [2.24, 2.45) is 0 Å². The van der Waals surface area contributed by atoms with Crippen LogP contribution in [0.4, 0.5) is 11.5 Å². The van der Waals surface area contributed by atoms with Gasteiger partial charge in [0.1, 0.15) is 5.82 Å². The number of H-pyrrole nitrogens is 1. The number of hydrogen-bond donors (Lipinski definition) is 2. The van der Waals surface area contributed by atoms with E-state index in [1.807, 2.05) is 54.7 Å². The number of amides is 1. The molecule has 1 saturated heterocycles. The first kappa shape index (κ1) is 17.4. The third-order valence-corrected chi connectivity index (χ3v) is 5.32. The molecule has 2 aromatic carbocycles. The molecule has 2 N–H and O–H groups in total. The fraction of sp³-hybridized carbons (Fsp3) is 0.174. The lowest BCUT2D eigenvalue weighted by atomic mass is 10.0. The number of fused-ring (bicyclic) bond motifs is 1. The van der Waals surface area contributed by atoms with Gasteiger partial charge < -0.3 is 10.2 Å². The topological polar surface area (TPSA) is 73.9 Å². The molecule has 5 rings (SSSR count). The molecule has 0 saturated carbocycles. The number of nitrogens with zero attached hydrogens (tertiary/aromatic N) is 3. The van der Waals surface area contributed by atoms with Crippen LogP contribution in [0.5, 0.6) is 0 Å². The summed E-state index contributed by atoms with van der Waals surface area (Å²) >= 11 is 0. The summed E-state index contributed by atoms with van der Waals surface area (Å²) in [5.41, 5.74) is 3.98. The highest BCUT2D eigenvalue weighted by atomic mass is 16.1. The highest BCUT2D eigenvalue weighted by Crippen LogP contribution is 2.27. The van der Waals surface area contributed by atoms with E-state index in [4.69, 9.17) is 0 Å². The Morgan fingerprint density at radius 2 is 1.76 bits per heavy atom. The largest absolute Gasteiger partial charge is 0.357 e. The lowest BCUT2D eigenvalue weighted by Crippen LogP contribution is -2.18. The zero-order valence-electron chi connectivity index (χ0n) is 15.9. The van der Waals surface area contributed by atoms with Crippen LogP contribution in [-0.4, -0.2) is 34.2 Å². The number of aromatic nitrogens is 3. The summed E-state index contributed by atoms with van der Waals surface area (Å²) in [6, 6.07) is 19.5. The van der Waals surface area contributed by atoms with Crippen LogP contribution in [0.1, 0.15) is 23.3 Å². The van der Waals surface area contributed by atoms with Crippen LogP contribution in [0.25, 0.3) is 22.0 Å². The number of carbonyl (C=O) groups is 1. The van der Waals surface area contributed by atoms with Crippen molar-refractivity contribution < 1.29 is 4.79 Å². The van der Waals surface area contributed by atoms with E-state index in [0.29, 0.717) is 5.69 Å². The Labute approximate surface area is 168 Å². The maximum Gasteiger partial charge on any atom is 0.276 e. The second-order valence-electron chi connectivity index (χ2n) is 7.25. The first-order chi connectivity index (χ1) is 14.3. The molecule has 2 aromatic heterocycles. The zero-order chi connectivity index (χ0) is 19.6. The summed E-state index contributed by atoms with van der Waals surface area (Å²) in [6.07, 6.45) is 4.36. The summed E-state index contributed by atoms with van der Waals surface area (Å²) in [5.74, 6) is 0.792. The van der Waals surface area contributed by atoms with E-state index in [9.17, 15) is 4.79 Å². The number of pyridine rings is 1. The first-order valence-corrected chi connectivity index (χ1v) is 9.84. The number of aromatic amines is 1. The van der Waals surface area contributed by atoms with Gasteiger partial charge in [0, 0.05) is 35.9 Å². The monoisotopic (exact) mass is 383 g/mol. The molecule has 0 spiro atoms. The van der Waals surface area contributed by atoms with Crippen LogP contribution in [0.2, 0.25) is 0 Å². The van der Waals surface area contributed by atoms with Gasteiger partial charge in [-0.3, -0.25) is 9.89 Å². The van der Waals surface area contributed by atoms with Crippen LogP contribution in [0, 0.1) is 0 Å². The number of benzene rings is 2. The molecule has 6 heteroatoms. The predicted octanol–water partition coefficient (Wildman–Crippen LogP) is 4.48. The standard InChI is InChI=1S/C23H21N5O/c29-23(25-18-6-2-1-3-7-18)22-19-14-16(8-10-20(19)26-27-22)17-9-11-21(24-15-17)28-12-4-5-13-28/h1-3,6-11,14-15H,4-5,12-13H2,(H,25,29)(H,26,27). The zero-order valence-corrected chi connectivity index (χ0v) is 15.9. The SMILES string of the molecule is O=C(Nc1ccccc1)c1n[nH]c2ccc(-c3ccc(N4CCCC4)nc3)cc12. The summed E-state index contributed by atoms with van der Waals surface area (Å²) in [7, 11) is 0. The van der Waals surface area contributed by atoms with Gasteiger partial charge in [0.15, 0.2) is 5.69 Å². The average Bonchev–Trinajstić information content (AvgIpc) is 3.44. The van der Waals surface area contributed by atoms with Crippen LogP contribution in [0.15, 0.2) is 66.9 Å². The molecule has 1 aliphatic heterocycles. The second kappa shape index (κ2) is 7.39. The molecule has 144 valence electrons. The van der Waals surface area contributed by atoms with Crippen molar-refractivity contribution in [2.45, 2.75) is 12.8 Å². The van der Waals surface area contributed by atoms with Gasteiger partial charge in [-0.05, 0) is 54.8 Å². The van der Waals surface area contributed by atoms with Crippen molar-refractivity contribution >= 4 is 28.3 Å². The maximum atomic E-state index is 12.7. The van der Waals surface area contributed by atoms with Gasteiger partial charge >= 0.3 is 0 Å². The molecule has 6 nitrogen and oxygen atoms in total. The van der Waals surface area contributed by atoms with Gasteiger partial charge in [-0.1, -0.05) is 24.3 Å². The molecule has 0 unspecified atom stereocenters. The quantitative estimate of drug-likeness (QED) is 0.545. The molecule has 4 aromatic rings. The van der Waals surface area contributed by atoms with Crippen molar-refractivity contribution in [3.63, 3.8) is 0 Å². The van der Waals surface area contributed by atoms with Crippen LogP contribution in [0.3, 0.4) is 0 Å². The molecule has 1 aliphatic rings. The second-order valence-corrected chi connectivity index (χ2v) is 7.25. The van der Waals surface area contributed by atoms with E-state index >= 15 is 0 Å². The van der Waals surface area contributed by atoms with Gasteiger partial charge in [-0.25, -0.2) is 4.98 Å². The minimum absolute atomic E-state index is 0.234. The van der Waals surface area contributed by atoms with Crippen molar-refractivity contribution in [1.82, 2.24) is 15.2 Å². The number of anilines is 2. The van der Waals surface area contributed by atoms with E-state index in [0.717, 1.165) is 46.6 Å². The maximum absolute atomic E-state index is 12.7. The molecular weight excluding hydrogens is 362 g/mol. The van der Waals surface area contributed by atoms with Crippen LogP contribution < -0.4 is 10.2 Å². The van der Waals surface area contributed by atoms with Gasteiger partial charge in [0.25, 0.3) is 5.91 Å². The Hall–Kier alpha value is -3.67. The van der Waals surface area contributed by atoms with E-state index in [-0.39, 0.29) is 5.91 Å².